The molecule has 1 aromatic heterocycles. The second-order valence-corrected chi connectivity index (χ2v) is 4.24. The molecule has 0 radical (unpaired) electrons. The molecule has 0 bridgehead atoms. The first-order chi connectivity index (χ1) is 8.19. The van der Waals surface area contributed by atoms with E-state index in [0.29, 0.717) is 17.0 Å². The Morgan fingerprint density at radius 2 is 2.29 bits per heavy atom. The fourth-order valence-electron chi connectivity index (χ4n) is 1.88. The van der Waals surface area contributed by atoms with Gasteiger partial charge in [0.2, 0.25) is 0 Å². The summed E-state index contributed by atoms with van der Waals surface area (Å²) in [5.41, 5.74) is 1.04. The molecule has 0 spiro atoms. The minimum absolute atomic E-state index is 0.198. The Morgan fingerprint density at radius 1 is 1.53 bits per heavy atom. The van der Waals surface area contributed by atoms with Crippen LogP contribution in [0, 0.1) is 5.82 Å². The molecule has 0 amide bonds. The van der Waals surface area contributed by atoms with Gasteiger partial charge in [-0.1, -0.05) is 0 Å². The molecule has 5 heteroatoms. The van der Waals surface area contributed by atoms with Crippen molar-refractivity contribution in [1.82, 2.24) is 9.97 Å². The lowest BCUT2D eigenvalue weighted by Crippen LogP contribution is -2.01. The van der Waals surface area contributed by atoms with E-state index in [-0.39, 0.29) is 5.56 Å². The van der Waals surface area contributed by atoms with E-state index in [0.717, 1.165) is 24.7 Å². The Hall–Kier alpha value is -1.91. The lowest BCUT2D eigenvalue weighted by molar-refractivity contribution is 0.0600. The third-order valence-electron chi connectivity index (χ3n) is 2.94. The van der Waals surface area contributed by atoms with E-state index >= 15 is 0 Å². The number of hydrogen-bond donors (Lipinski definition) is 1. The molecule has 0 saturated heterocycles. The SMILES string of the molecule is COC(=O)c1cc(F)c2nc(C3CC3)[nH]c2c1. The number of benzene rings is 1. The fourth-order valence-corrected chi connectivity index (χ4v) is 1.88. The number of aromatic nitrogens is 2. The van der Waals surface area contributed by atoms with E-state index in [1.54, 1.807) is 6.07 Å². The quantitative estimate of drug-likeness (QED) is 0.811. The second-order valence-electron chi connectivity index (χ2n) is 4.24. The minimum Gasteiger partial charge on any atom is -0.465 e. The Morgan fingerprint density at radius 3 is 2.94 bits per heavy atom. The van der Waals surface area contributed by atoms with Crippen LogP contribution in [0.3, 0.4) is 0 Å². The summed E-state index contributed by atoms with van der Waals surface area (Å²) >= 11 is 0. The zero-order chi connectivity index (χ0) is 12.0. The molecule has 17 heavy (non-hydrogen) atoms. The van der Waals surface area contributed by atoms with E-state index < -0.39 is 11.8 Å². The predicted octanol–water partition coefficient (Wildman–Crippen LogP) is 2.37. The van der Waals surface area contributed by atoms with Crippen molar-refractivity contribution in [3.05, 3.63) is 29.3 Å². The summed E-state index contributed by atoms with van der Waals surface area (Å²) in [6.07, 6.45) is 2.18. The van der Waals surface area contributed by atoms with E-state index in [1.165, 1.54) is 7.11 Å². The number of rotatable bonds is 2. The topological polar surface area (TPSA) is 55.0 Å². The summed E-state index contributed by atoms with van der Waals surface area (Å²) in [4.78, 5) is 18.6. The van der Waals surface area contributed by atoms with Crippen LogP contribution in [-0.2, 0) is 4.74 Å². The number of halogens is 1. The van der Waals surface area contributed by atoms with Crippen LogP contribution in [0.5, 0.6) is 0 Å². The summed E-state index contributed by atoms with van der Waals surface area (Å²) in [6, 6.07) is 2.73. The largest absolute Gasteiger partial charge is 0.465 e. The van der Waals surface area contributed by atoms with Crippen LogP contribution in [0.2, 0.25) is 0 Å². The number of fused-ring (bicyclic) bond motifs is 1. The molecule has 1 aliphatic carbocycles. The molecule has 1 saturated carbocycles. The van der Waals surface area contributed by atoms with Crippen molar-refractivity contribution < 1.29 is 13.9 Å². The van der Waals surface area contributed by atoms with Crippen LogP contribution < -0.4 is 0 Å². The molecule has 1 aromatic carbocycles. The normalized spacial score (nSPS) is 15.2. The first kappa shape index (κ1) is 10.3. The first-order valence-electron chi connectivity index (χ1n) is 5.46. The van der Waals surface area contributed by atoms with Crippen molar-refractivity contribution in [2.75, 3.05) is 7.11 Å². The van der Waals surface area contributed by atoms with Gasteiger partial charge in [-0.05, 0) is 25.0 Å². The standard InChI is InChI=1S/C12H11FN2O2/c1-17-12(16)7-4-8(13)10-9(5-7)14-11(15-10)6-2-3-6/h4-6H,2-3H2,1H3,(H,14,15). The minimum atomic E-state index is -0.548. The molecule has 3 rings (SSSR count). The van der Waals surface area contributed by atoms with Crippen LogP contribution in [0.1, 0.15) is 34.9 Å². The van der Waals surface area contributed by atoms with Gasteiger partial charge in [0.15, 0.2) is 5.82 Å². The monoisotopic (exact) mass is 234 g/mol. The van der Waals surface area contributed by atoms with Gasteiger partial charge in [0.05, 0.1) is 18.2 Å². The van der Waals surface area contributed by atoms with Gasteiger partial charge in [0, 0.05) is 5.92 Å². The molecule has 88 valence electrons. The van der Waals surface area contributed by atoms with E-state index in [4.69, 9.17) is 0 Å². The summed E-state index contributed by atoms with van der Waals surface area (Å²) in [6.45, 7) is 0. The molecule has 1 fully saturated rings. The average Bonchev–Trinajstić information content (AvgIpc) is 3.08. The van der Waals surface area contributed by atoms with Crippen molar-refractivity contribution in [1.29, 1.82) is 0 Å². The zero-order valence-electron chi connectivity index (χ0n) is 9.29. The number of carbonyl (C=O) groups excluding carboxylic acids is 1. The van der Waals surface area contributed by atoms with E-state index in [2.05, 4.69) is 14.7 Å². The van der Waals surface area contributed by atoms with Crippen molar-refractivity contribution >= 4 is 17.0 Å². The summed E-state index contributed by atoms with van der Waals surface area (Å²) in [5, 5.41) is 0. The maximum atomic E-state index is 13.8. The number of esters is 1. The summed E-state index contributed by atoms with van der Waals surface area (Å²) in [7, 11) is 1.27. The van der Waals surface area contributed by atoms with Gasteiger partial charge in [-0.25, -0.2) is 14.2 Å². The first-order valence-corrected chi connectivity index (χ1v) is 5.46. The Balaban J connectivity index is 2.14. The molecule has 1 heterocycles. The van der Waals surface area contributed by atoms with Crippen molar-refractivity contribution in [2.45, 2.75) is 18.8 Å². The highest BCUT2D eigenvalue weighted by Crippen LogP contribution is 2.39. The van der Waals surface area contributed by atoms with E-state index in [1.807, 2.05) is 0 Å². The molecule has 1 aliphatic rings. The predicted molar refractivity (Wildman–Crippen MR) is 59.4 cm³/mol. The number of nitrogens with one attached hydrogen (secondary N) is 1. The smallest absolute Gasteiger partial charge is 0.338 e. The van der Waals surface area contributed by atoms with Gasteiger partial charge in [0.1, 0.15) is 11.3 Å². The third-order valence-corrected chi connectivity index (χ3v) is 2.94. The second kappa shape index (κ2) is 3.55. The fraction of sp³-hybridized carbons (Fsp3) is 0.333. The molecule has 4 nitrogen and oxygen atoms in total. The van der Waals surface area contributed by atoms with Crippen LogP contribution in [0.25, 0.3) is 11.0 Å². The number of imidazole rings is 1. The highest BCUT2D eigenvalue weighted by molar-refractivity contribution is 5.93. The third kappa shape index (κ3) is 1.67. The number of aromatic amines is 1. The molecular formula is C12H11FN2O2. The number of H-pyrrole nitrogens is 1. The highest BCUT2D eigenvalue weighted by atomic mass is 19.1. The number of nitrogens with zero attached hydrogens (tertiary/aromatic N) is 1. The van der Waals surface area contributed by atoms with Gasteiger partial charge in [-0.2, -0.15) is 0 Å². The summed E-state index contributed by atoms with van der Waals surface area (Å²) in [5.74, 6) is 0.184. The number of carbonyl (C=O) groups is 1. The Kier molecular flexibility index (Phi) is 2.14. The van der Waals surface area contributed by atoms with Gasteiger partial charge < -0.3 is 9.72 Å². The molecule has 1 N–H and O–H groups in total. The molecule has 2 aromatic rings. The van der Waals surface area contributed by atoms with Crippen LogP contribution in [0.15, 0.2) is 12.1 Å². The van der Waals surface area contributed by atoms with E-state index in [9.17, 15) is 9.18 Å². The zero-order valence-corrected chi connectivity index (χ0v) is 9.29. The molecular weight excluding hydrogens is 223 g/mol. The molecule has 0 atom stereocenters. The van der Waals surface area contributed by atoms with Crippen LogP contribution >= 0.6 is 0 Å². The van der Waals surface area contributed by atoms with Gasteiger partial charge in [0.25, 0.3) is 0 Å². The van der Waals surface area contributed by atoms with Gasteiger partial charge in [-0.15, -0.1) is 0 Å². The van der Waals surface area contributed by atoms with Crippen LogP contribution in [-0.4, -0.2) is 23.0 Å². The average molecular weight is 234 g/mol. The van der Waals surface area contributed by atoms with Crippen molar-refractivity contribution in [3.63, 3.8) is 0 Å². The number of methoxy groups -OCH3 is 1. The summed E-state index contributed by atoms with van der Waals surface area (Å²) < 4.78 is 18.3. The van der Waals surface area contributed by atoms with Crippen molar-refractivity contribution in [3.8, 4) is 0 Å². The maximum absolute atomic E-state index is 13.8. The Bertz CT molecular complexity index is 602. The number of ether oxygens (including phenoxy) is 1. The lowest BCUT2D eigenvalue weighted by atomic mass is 10.2. The van der Waals surface area contributed by atoms with Crippen molar-refractivity contribution in [2.24, 2.45) is 0 Å². The lowest BCUT2D eigenvalue weighted by Gasteiger charge is -1.99. The highest BCUT2D eigenvalue weighted by Gasteiger charge is 2.27. The van der Waals surface area contributed by atoms with Gasteiger partial charge >= 0.3 is 5.97 Å². The molecule has 0 aliphatic heterocycles. The van der Waals surface area contributed by atoms with Crippen LogP contribution in [0.4, 0.5) is 4.39 Å². The van der Waals surface area contributed by atoms with Gasteiger partial charge in [-0.3, -0.25) is 0 Å². The Labute approximate surface area is 96.8 Å². The molecule has 0 unspecified atom stereocenters. The maximum Gasteiger partial charge on any atom is 0.338 e. The number of hydrogen-bond acceptors (Lipinski definition) is 3.